The smallest absolute Gasteiger partial charge is 0.141 e. The molecule has 0 saturated heterocycles. The Hall–Kier alpha value is -2.36. The van der Waals surface area contributed by atoms with Crippen LogP contribution in [0.15, 0.2) is 12.1 Å². The maximum atomic E-state index is 10.3. The van der Waals surface area contributed by atoms with E-state index in [1.165, 1.54) is 0 Å². The average Bonchev–Trinajstić information content (AvgIpc) is 2.59. The second-order valence-corrected chi connectivity index (χ2v) is 6.84. The molecular weight excluding hydrogens is 312 g/mol. The standard InChI is InChI=1S/C21H30N2O2/c1-5-7-14-9-16(12(3)18(22)20(14)24)11-17-10-15(8-6-2)21(25)19(23)13(17)4/h9-10,24-25H,5-8,11,22-23H2,1-4H3. The largest absolute Gasteiger partial charge is 0.505 e. The number of benzene rings is 2. The highest BCUT2D eigenvalue weighted by Crippen LogP contribution is 2.36. The summed E-state index contributed by atoms with van der Waals surface area (Å²) in [7, 11) is 0. The van der Waals surface area contributed by atoms with Crippen LogP contribution in [0.5, 0.6) is 11.5 Å². The summed E-state index contributed by atoms with van der Waals surface area (Å²) in [6.45, 7) is 8.03. The van der Waals surface area contributed by atoms with E-state index in [1.54, 1.807) is 0 Å². The molecule has 0 saturated carbocycles. The van der Waals surface area contributed by atoms with Crippen LogP contribution in [0.1, 0.15) is 60.1 Å². The fraction of sp³-hybridized carbons (Fsp3) is 0.429. The maximum absolute atomic E-state index is 10.3. The third-order valence-corrected chi connectivity index (χ3v) is 5.01. The van der Waals surface area contributed by atoms with Crippen LogP contribution in [0.3, 0.4) is 0 Å². The topological polar surface area (TPSA) is 92.5 Å². The summed E-state index contributed by atoms with van der Waals surface area (Å²) in [5, 5.41) is 20.5. The summed E-state index contributed by atoms with van der Waals surface area (Å²) in [6.07, 6.45) is 4.16. The van der Waals surface area contributed by atoms with Gasteiger partial charge in [-0.25, -0.2) is 0 Å². The first-order valence-electron chi connectivity index (χ1n) is 9.01. The minimum atomic E-state index is 0.205. The van der Waals surface area contributed by atoms with Crippen molar-refractivity contribution in [3.63, 3.8) is 0 Å². The molecule has 136 valence electrons. The quantitative estimate of drug-likeness (QED) is 0.463. The van der Waals surface area contributed by atoms with Crippen LogP contribution < -0.4 is 11.5 Å². The molecule has 25 heavy (non-hydrogen) atoms. The van der Waals surface area contributed by atoms with Crippen molar-refractivity contribution in [3.05, 3.63) is 45.5 Å². The van der Waals surface area contributed by atoms with Gasteiger partial charge in [-0.1, -0.05) is 38.8 Å². The number of nitrogen functional groups attached to an aromatic ring is 2. The van der Waals surface area contributed by atoms with Gasteiger partial charge in [0, 0.05) is 0 Å². The fourth-order valence-electron chi connectivity index (χ4n) is 3.31. The lowest BCUT2D eigenvalue weighted by Gasteiger charge is -2.18. The fourth-order valence-corrected chi connectivity index (χ4v) is 3.31. The molecule has 2 rings (SSSR count). The van der Waals surface area contributed by atoms with Gasteiger partial charge in [-0.15, -0.1) is 0 Å². The molecule has 0 amide bonds. The lowest BCUT2D eigenvalue weighted by atomic mass is 9.90. The monoisotopic (exact) mass is 342 g/mol. The molecule has 0 heterocycles. The van der Waals surface area contributed by atoms with Crippen molar-refractivity contribution in [2.24, 2.45) is 0 Å². The zero-order chi connectivity index (χ0) is 18.7. The number of anilines is 2. The van der Waals surface area contributed by atoms with E-state index < -0.39 is 0 Å². The van der Waals surface area contributed by atoms with Crippen molar-refractivity contribution in [1.29, 1.82) is 0 Å². The van der Waals surface area contributed by atoms with Crippen LogP contribution in [0.2, 0.25) is 0 Å². The Morgan fingerprint density at radius 1 is 0.720 bits per heavy atom. The van der Waals surface area contributed by atoms with E-state index in [0.717, 1.165) is 59.1 Å². The van der Waals surface area contributed by atoms with Gasteiger partial charge in [0.15, 0.2) is 0 Å². The minimum absolute atomic E-state index is 0.205. The highest BCUT2D eigenvalue weighted by atomic mass is 16.3. The van der Waals surface area contributed by atoms with Crippen LogP contribution in [-0.2, 0) is 19.3 Å². The van der Waals surface area contributed by atoms with Gasteiger partial charge in [0.1, 0.15) is 11.5 Å². The molecule has 0 fully saturated rings. The Bertz CT molecular complexity index is 717. The van der Waals surface area contributed by atoms with Gasteiger partial charge in [0.05, 0.1) is 11.4 Å². The van der Waals surface area contributed by atoms with Crippen molar-refractivity contribution in [3.8, 4) is 11.5 Å². The molecule has 4 heteroatoms. The molecule has 0 atom stereocenters. The predicted molar refractivity (Wildman–Crippen MR) is 105 cm³/mol. The highest BCUT2D eigenvalue weighted by molar-refractivity contribution is 5.67. The van der Waals surface area contributed by atoms with Crippen molar-refractivity contribution in [1.82, 2.24) is 0 Å². The van der Waals surface area contributed by atoms with E-state index in [1.807, 2.05) is 26.0 Å². The van der Waals surface area contributed by atoms with Gasteiger partial charge < -0.3 is 21.7 Å². The Kier molecular flexibility index (Phi) is 5.83. The summed E-state index contributed by atoms with van der Waals surface area (Å²) >= 11 is 0. The number of phenols is 2. The van der Waals surface area contributed by atoms with Gasteiger partial charge in [0.25, 0.3) is 0 Å². The summed E-state index contributed by atoms with van der Waals surface area (Å²) in [4.78, 5) is 0. The van der Waals surface area contributed by atoms with E-state index in [0.29, 0.717) is 17.8 Å². The van der Waals surface area contributed by atoms with Crippen LogP contribution in [-0.4, -0.2) is 10.2 Å². The second-order valence-electron chi connectivity index (χ2n) is 6.84. The zero-order valence-electron chi connectivity index (χ0n) is 15.7. The van der Waals surface area contributed by atoms with E-state index in [9.17, 15) is 10.2 Å². The molecule has 0 aliphatic carbocycles. The Balaban J connectivity index is 2.53. The van der Waals surface area contributed by atoms with Crippen LogP contribution in [0.4, 0.5) is 11.4 Å². The normalized spacial score (nSPS) is 11.0. The molecule has 0 unspecified atom stereocenters. The first kappa shape index (κ1) is 19.0. The average molecular weight is 342 g/mol. The lowest BCUT2D eigenvalue weighted by molar-refractivity contribution is 0.469. The minimum Gasteiger partial charge on any atom is -0.505 e. The third kappa shape index (κ3) is 3.68. The third-order valence-electron chi connectivity index (χ3n) is 5.01. The van der Waals surface area contributed by atoms with Crippen LogP contribution >= 0.6 is 0 Å². The van der Waals surface area contributed by atoms with E-state index in [-0.39, 0.29) is 11.5 Å². The lowest BCUT2D eigenvalue weighted by Crippen LogP contribution is -2.04. The van der Waals surface area contributed by atoms with Gasteiger partial charge in [-0.2, -0.15) is 0 Å². The van der Waals surface area contributed by atoms with E-state index in [2.05, 4.69) is 13.8 Å². The van der Waals surface area contributed by atoms with E-state index in [4.69, 9.17) is 11.5 Å². The summed E-state index contributed by atoms with van der Waals surface area (Å²) in [5.41, 5.74) is 18.9. The number of aromatic hydroxyl groups is 2. The molecule has 0 aliphatic rings. The molecule has 2 aromatic rings. The molecule has 0 radical (unpaired) electrons. The molecule has 6 N–H and O–H groups in total. The molecule has 0 spiro atoms. The van der Waals surface area contributed by atoms with Crippen molar-refractivity contribution >= 4 is 11.4 Å². The highest BCUT2D eigenvalue weighted by Gasteiger charge is 2.16. The number of phenolic OH excluding ortho intramolecular Hbond substituents is 2. The second kappa shape index (κ2) is 7.68. The Labute approximate surface area is 150 Å². The van der Waals surface area contributed by atoms with E-state index >= 15 is 0 Å². The SMILES string of the molecule is CCCc1cc(Cc2cc(CCC)c(O)c(N)c2C)c(C)c(N)c1O. The molecule has 0 aromatic heterocycles. The molecule has 0 aliphatic heterocycles. The van der Waals surface area contributed by atoms with Gasteiger partial charge >= 0.3 is 0 Å². The Morgan fingerprint density at radius 2 is 1.08 bits per heavy atom. The van der Waals surface area contributed by atoms with Gasteiger partial charge in [-0.3, -0.25) is 0 Å². The van der Waals surface area contributed by atoms with Crippen molar-refractivity contribution < 1.29 is 10.2 Å². The maximum Gasteiger partial charge on any atom is 0.141 e. The summed E-state index contributed by atoms with van der Waals surface area (Å²) < 4.78 is 0. The molecular formula is C21H30N2O2. The summed E-state index contributed by atoms with van der Waals surface area (Å²) in [6, 6.07) is 4.10. The van der Waals surface area contributed by atoms with Crippen LogP contribution in [0.25, 0.3) is 0 Å². The molecule has 0 bridgehead atoms. The van der Waals surface area contributed by atoms with Crippen molar-refractivity contribution in [2.75, 3.05) is 11.5 Å². The summed E-state index contributed by atoms with van der Waals surface area (Å²) in [5.74, 6) is 0.411. The number of nitrogens with two attached hydrogens (primary N) is 2. The first-order valence-corrected chi connectivity index (χ1v) is 9.01. The first-order chi connectivity index (χ1) is 11.8. The van der Waals surface area contributed by atoms with Gasteiger partial charge in [0.2, 0.25) is 0 Å². The Morgan fingerprint density at radius 3 is 1.40 bits per heavy atom. The zero-order valence-corrected chi connectivity index (χ0v) is 15.7. The number of rotatable bonds is 6. The van der Waals surface area contributed by atoms with Crippen LogP contribution in [0, 0.1) is 13.8 Å². The number of aryl methyl sites for hydroxylation is 2. The van der Waals surface area contributed by atoms with Gasteiger partial charge in [-0.05, 0) is 66.5 Å². The number of hydrogen-bond donors (Lipinski definition) is 4. The molecule has 2 aromatic carbocycles. The predicted octanol–water partition coefficient (Wildman–Crippen LogP) is 4.37. The molecule has 4 nitrogen and oxygen atoms in total. The number of hydrogen-bond acceptors (Lipinski definition) is 4. The van der Waals surface area contributed by atoms with Crippen molar-refractivity contribution in [2.45, 2.75) is 59.8 Å².